The molecule has 0 saturated heterocycles. The van der Waals surface area contributed by atoms with Gasteiger partial charge in [-0.25, -0.2) is 0 Å². The molecule has 3 saturated carbocycles. The zero-order chi connectivity index (χ0) is 11.8. The molecule has 0 aliphatic heterocycles. The van der Waals surface area contributed by atoms with E-state index in [4.69, 9.17) is 0 Å². The van der Waals surface area contributed by atoms with Gasteiger partial charge in [-0.15, -0.1) is 0 Å². The molecule has 92 valence electrons. The highest BCUT2D eigenvalue weighted by Gasteiger charge is 2.67. The van der Waals surface area contributed by atoms with E-state index >= 15 is 0 Å². The van der Waals surface area contributed by atoms with Gasteiger partial charge in [-0.2, -0.15) is 0 Å². The lowest BCUT2D eigenvalue weighted by atomic mass is 9.64. The third-order valence-corrected chi connectivity index (χ3v) is 6.79. The Hall–Kier alpha value is -0.0400. The van der Waals surface area contributed by atoms with Crippen molar-refractivity contribution in [1.82, 2.24) is 0 Å². The molecule has 2 bridgehead atoms. The van der Waals surface area contributed by atoms with Crippen LogP contribution in [0.25, 0.3) is 0 Å². The SMILES string of the molecule is C[C@H]1CC[C@@H]2C(C)(C)[C@H]3C[C@]21CC[C@]3(C)O. The molecule has 1 nitrogen and oxygen atoms in total. The molecule has 3 aliphatic carbocycles. The van der Waals surface area contributed by atoms with Gasteiger partial charge < -0.3 is 5.11 Å². The summed E-state index contributed by atoms with van der Waals surface area (Å²) in [7, 11) is 0. The highest BCUT2D eigenvalue weighted by atomic mass is 16.3. The van der Waals surface area contributed by atoms with Crippen LogP contribution in [0, 0.1) is 28.6 Å². The Labute approximate surface area is 99.6 Å². The molecule has 1 spiro atoms. The highest BCUT2D eigenvalue weighted by molar-refractivity contribution is 5.16. The highest BCUT2D eigenvalue weighted by Crippen LogP contribution is 2.73. The van der Waals surface area contributed by atoms with Gasteiger partial charge in [-0.05, 0) is 67.6 Å². The first kappa shape index (κ1) is 11.1. The van der Waals surface area contributed by atoms with Gasteiger partial charge in [0.2, 0.25) is 0 Å². The summed E-state index contributed by atoms with van der Waals surface area (Å²) in [6.07, 6.45) is 6.41. The number of hydrogen-bond acceptors (Lipinski definition) is 1. The third kappa shape index (κ3) is 1.06. The van der Waals surface area contributed by atoms with Gasteiger partial charge in [0, 0.05) is 0 Å². The molecule has 3 aliphatic rings. The minimum Gasteiger partial charge on any atom is -0.390 e. The van der Waals surface area contributed by atoms with Crippen LogP contribution in [0.5, 0.6) is 0 Å². The van der Waals surface area contributed by atoms with Crippen LogP contribution in [0.15, 0.2) is 0 Å². The quantitative estimate of drug-likeness (QED) is 0.664. The molecule has 1 heteroatoms. The lowest BCUT2D eigenvalue weighted by molar-refractivity contribution is -0.0717. The molecule has 0 aromatic heterocycles. The van der Waals surface area contributed by atoms with Gasteiger partial charge in [0.05, 0.1) is 5.60 Å². The van der Waals surface area contributed by atoms with E-state index < -0.39 is 5.60 Å². The predicted octanol–water partition coefficient (Wildman–Crippen LogP) is 3.61. The molecule has 0 amide bonds. The summed E-state index contributed by atoms with van der Waals surface area (Å²) in [5.74, 6) is 2.29. The van der Waals surface area contributed by atoms with E-state index in [-0.39, 0.29) is 0 Å². The number of hydrogen-bond donors (Lipinski definition) is 1. The van der Waals surface area contributed by atoms with Gasteiger partial charge in [-0.3, -0.25) is 0 Å². The summed E-state index contributed by atoms with van der Waals surface area (Å²) >= 11 is 0. The second-order valence-electron chi connectivity index (χ2n) is 7.70. The molecule has 3 rings (SSSR count). The van der Waals surface area contributed by atoms with Crippen molar-refractivity contribution in [1.29, 1.82) is 0 Å². The van der Waals surface area contributed by atoms with Crippen molar-refractivity contribution in [2.45, 2.75) is 65.4 Å². The van der Waals surface area contributed by atoms with Gasteiger partial charge in [0.25, 0.3) is 0 Å². The van der Waals surface area contributed by atoms with E-state index in [0.717, 1.165) is 18.3 Å². The van der Waals surface area contributed by atoms with Crippen molar-refractivity contribution in [3.05, 3.63) is 0 Å². The molecule has 0 unspecified atom stereocenters. The Morgan fingerprint density at radius 3 is 2.38 bits per heavy atom. The van der Waals surface area contributed by atoms with Crippen molar-refractivity contribution >= 4 is 0 Å². The van der Waals surface area contributed by atoms with Crippen LogP contribution in [0.1, 0.15) is 59.8 Å². The molecular weight excluding hydrogens is 196 g/mol. The van der Waals surface area contributed by atoms with E-state index in [1.165, 1.54) is 25.7 Å². The molecule has 0 heterocycles. The normalized spacial score (nSPS) is 58.7. The van der Waals surface area contributed by atoms with Crippen molar-refractivity contribution in [3.63, 3.8) is 0 Å². The number of rotatable bonds is 0. The molecule has 1 N–H and O–H groups in total. The molecular formula is C15H26O. The Kier molecular flexibility index (Phi) is 1.98. The molecule has 5 atom stereocenters. The zero-order valence-corrected chi connectivity index (χ0v) is 11.2. The van der Waals surface area contributed by atoms with E-state index in [1.807, 2.05) is 0 Å². The molecule has 16 heavy (non-hydrogen) atoms. The third-order valence-electron chi connectivity index (χ3n) is 6.79. The van der Waals surface area contributed by atoms with Crippen LogP contribution in [-0.2, 0) is 0 Å². The summed E-state index contributed by atoms with van der Waals surface area (Å²) in [5, 5.41) is 10.6. The lowest BCUT2D eigenvalue weighted by Crippen LogP contribution is -2.44. The van der Waals surface area contributed by atoms with E-state index in [0.29, 0.717) is 16.7 Å². The molecule has 0 aromatic rings. The fourth-order valence-electron chi connectivity index (χ4n) is 5.88. The molecule has 0 radical (unpaired) electrons. The van der Waals surface area contributed by atoms with E-state index in [1.54, 1.807) is 0 Å². The zero-order valence-electron chi connectivity index (χ0n) is 11.2. The average molecular weight is 222 g/mol. The predicted molar refractivity (Wildman–Crippen MR) is 66.1 cm³/mol. The average Bonchev–Trinajstić information content (AvgIpc) is 2.58. The van der Waals surface area contributed by atoms with Crippen molar-refractivity contribution in [2.24, 2.45) is 28.6 Å². The Balaban J connectivity index is 2.07. The summed E-state index contributed by atoms with van der Waals surface area (Å²) < 4.78 is 0. The van der Waals surface area contributed by atoms with Crippen molar-refractivity contribution in [2.75, 3.05) is 0 Å². The van der Waals surface area contributed by atoms with E-state index in [9.17, 15) is 5.11 Å². The van der Waals surface area contributed by atoms with Crippen LogP contribution in [0.2, 0.25) is 0 Å². The fourth-order valence-corrected chi connectivity index (χ4v) is 5.88. The fraction of sp³-hybridized carbons (Fsp3) is 1.00. The lowest BCUT2D eigenvalue weighted by Gasteiger charge is -2.44. The maximum Gasteiger partial charge on any atom is 0.0653 e. The Morgan fingerprint density at radius 1 is 1.00 bits per heavy atom. The van der Waals surface area contributed by atoms with Gasteiger partial charge in [0.1, 0.15) is 0 Å². The largest absolute Gasteiger partial charge is 0.390 e. The number of fused-ring (bicyclic) bond motifs is 1. The second-order valence-corrected chi connectivity index (χ2v) is 7.70. The molecule has 0 aromatic carbocycles. The van der Waals surface area contributed by atoms with Gasteiger partial charge in [-0.1, -0.05) is 20.8 Å². The Morgan fingerprint density at radius 2 is 1.69 bits per heavy atom. The minimum atomic E-state index is -0.404. The summed E-state index contributed by atoms with van der Waals surface area (Å²) in [5.41, 5.74) is 0.542. The maximum absolute atomic E-state index is 10.6. The first-order chi connectivity index (χ1) is 7.31. The van der Waals surface area contributed by atoms with Crippen molar-refractivity contribution < 1.29 is 5.11 Å². The van der Waals surface area contributed by atoms with E-state index in [2.05, 4.69) is 27.7 Å². The monoisotopic (exact) mass is 222 g/mol. The first-order valence-electron chi connectivity index (χ1n) is 7.03. The van der Waals surface area contributed by atoms with Crippen LogP contribution in [0.3, 0.4) is 0 Å². The summed E-state index contributed by atoms with van der Waals surface area (Å²) in [6, 6.07) is 0. The maximum atomic E-state index is 10.6. The Bertz CT molecular complexity index is 313. The van der Waals surface area contributed by atoms with Crippen LogP contribution in [-0.4, -0.2) is 10.7 Å². The van der Waals surface area contributed by atoms with Crippen molar-refractivity contribution in [3.8, 4) is 0 Å². The minimum absolute atomic E-state index is 0.352. The number of aliphatic hydroxyl groups is 1. The smallest absolute Gasteiger partial charge is 0.0653 e. The van der Waals surface area contributed by atoms with Crippen LogP contribution < -0.4 is 0 Å². The van der Waals surface area contributed by atoms with Crippen LogP contribution in [0.4, 0.5) is 0 Å². The summed E-state index contributed by atoms with van der Waals surface area (Å²) in [4.78, 5) is 0. The first-order valence-corrected chi connectivity index (χ1v) is 7.03. The topological polar surface area (TPSA) is 20.2 Å². The second kappa shape index (κ2) is 2.85. The van der Waals surface area contributed by atoms with Gasteiger partial charge in [0.15, 0.2) is 0 Å². The van der Waals surface area contributed by atoms with Gasteiger partial charge >= 0.3 is 0 Å². The molecule has 3 fully saturated rings. The standard InChI is InChI=1S/C15H26O/c1-10-5-6-11-13(2,3)12-9-15(10,11)8-7-14(12,4)16/h10-12,16H,5-9H2,1-4H3/t10-,11+,12+,14-,15-/m0/s1. The van der Waals surface area contributed by atoms with Crippen LogP contribution >= 0.6 is 0 Å². The summed E-state index contributed by atoms with van der Waals surface area (Å²) in [6.45, 7) is 9.38.